The Morgan fingerprint density at radius 2 is 1.68 bits per heavy atom. The van der Waals surface area contributed by atoms with E-state index in [1.165, 1.54) is 12.1 Å². The summed E-state index contributed by atoms with van der Waals surface area (Å²) in [5.41, 5.74) is 0.815. The molecule has 0 bridgehead atoms. The van der Waals surface area contributed by atoms with Crippen molar-refractivity contribution in [1.29, 1.82) is 0 Å². The van der Waals surface area contributed by atoms with Gasteiger partial charge in [-0.3, -0.25) is 9.78 Å². The van der Waals surface area contributed by atoms with Crippen LogP contribution < -0.4 is 5.32 Å². The molecule has 0 saturated heterocycles. The van der Waals surface area contributed by atoms with Crippen molar-refractivity contribution in [2.24, 2.45) is 0 Å². The molecule has 0 spiro atoms. The highest BCUT2D eigenvalue weighted by Gasteiger charge is 2.18. The summed E-state index contributed by atoms with van der Waals surface area (Å²) in [5.74, 6) is -1.75. The van der Waals surface area contributed by atoms with Crippen LogP contribution in [0.1, 0.15) is 26.3 Å². The number of nitrogens with zero attached hydrogens (tertiary/aromatic N) is 1. The number of hydrogen-bond donors (Lipinski definition) is 2. The molecule has 5 nitrogen and oxygen atoms in total. The Balaban J connectivity index is 2.09. The Morgan fingerprint density at radius 1 is 1.09 bits per heavy atom. The SMILES string of the molecule is O=C(O)c1cc(Cl)c(Cl)cc1C(=O)NCCc1ccncc1. The van der Waals surface area contributed by atoms with E-state index >= 15 is 0 Å². The number of carbonyl (C=O) groups is 2. The number of carboxylic acid groups (broad SMARTS) is 1. The molecule has 7 heteroatoms. The number of amides is 1. The van der Waals surface area contributed by atoms with Gasteiger partial charge in [-0.05, 0) is 36.2 Å². The fourth-order valence-electron chi connectivity index (χ4n) is 1.88. The molecule has 0 saturated carbocycles. The lowest BCUT2D eigenvalue weighted by atomic mass is 10.1. The van der Waals surface area contributed by atoms with Crippen molar-refractivity contribution < 1.29 is 14.7 Å². The fourth-order valence-corrected chi connectivity index (χ4v) is 2.20. The third-order valence-corrected chi connectivity index (χ3v) is 3.71. The molecule has 1 amide bonds. The van der Waals surface area contributed by atoms with Crippen LogP contribution in [0.3, 0.4) is 0 Å². The minimum Gasteiger partial charge on any atom is -0.478 e. The Kier molecular flexibility index (Phi) is 5.35. The van der Waals surface area contributed by atoms with Crippen LogP contribution in [0.4, 0.5) is 0 Å². The van der Waals surface area contributed by atoms with E-state index in [0.717, 1.165) is 5.56 Å². The van der Waals surface area contributed by atoms with Crippen molar-refractivity contribution in [2.45, 2.75) is 6.42 Å². The monoisotopic (exact) mass is 338 g/mol. The average molecular weight is 339 g/mol. The van der Waals surface area contributed by atoms with E-state index < -0.39 is 11.9 Å². The molecule has 0 radical (unpaired) electrons. The number of aromatic carboxylic acids is 1. The van der Waals surface area contributed by atoms with Crippen LogP contribution in [0.15, 0.2) is 36.7 Å². The van der Waals surface area contributed by atoms with E-state index in [1.807, 2.05) is 12.1 Å². The third-order valence-electron chi connectivity index (χ3n) is 2.98. The van der Waals surface area contributed by atoms with E-state index in [-0.39, 0.29) is 21.2 Å². The van der Waals surface area contributed by atoms with Crippen LogP contribution in [0.25, 0.3) is 0 Å². The van der Waals surface area contributed by atoms with Gasteiger partial charge in [0.1, 0.15) is 0 Å². The highest BCUT2D eigenvalue weighted by Crippen LogP contribution is 2.26. The van der Waals surface area contributed by atoms with E-state index in [1.54, 1.807) is 12.4 Å². The second-order valence-electron chi connectivity index (χ2n) is 4.48. The van der Waals surface area contributed by atoms with Crippen LogP contribution in [-0.4, -0.2) is 28.5 Å². The molecule has 0 atom stereocenters. The molecule has 1 heterocycles. The van der Waals surface area contributed by atoms with E-state index in [2.05, 4.69) is 10.3 Å². The van der Waals surface area contributed by atoms with Crippen molar-refractivity contribution in [2.75, 3.05) is 6.54 Å². The summed E-state index contributed by atoms with van der Waals surface area (Å²) in [5, 5.41) is 12.0. The molecule has 1 aromatic heterocycles. The molecule has 0 fully saturated rings. The van der Waals surface area contributed by atoms with Gasteiger partial charge < -0.3 is 10.4 Å². The minimum atomic E-state index is -1.24. The summed E-state index contributed by atoms with van der Waals surface area (Å²) >= 11 is 11.6. The van der Waals surface area contributed by atoms with Crippen LogP contribution in [-0.2, 0) is 6.42 Å². The molecule has 1 aromatic carbocycles. The maximum Gasteiger partial charge on any atom is 0.336 e. The standard InChI is InChI=1S/C15H12Cl2N2O3/c16-12-7-10(11(15(21)22)8-13(12)17)14(20)19-6-3-9-1-4-18-5-2-9/h1-2,4-5,7-8H,3,6H2,(H,19,20)(H,21,22). The topological polar surface area (TPSA) is 79.3 Å². The van der Waals surface area contributed by atoms with E-state index in [9.17, 15) is 9.59 Å². The largest absolute Gasteiger partial charge is 0.478 e. The van der Waals surface area contributed by atoms with Gasteiger partial charge in [-0.15, -0.1) is 0 Å². The van der Waals surface area contributed by atoms with E-state index in [4.69, 9.17) is 28.3 Å². The summed E-state index contributed by atoms with van der Waals surface area (Å²) in [6.45, 7) is 0.363. The third kappa shape index (κ3) is 3.96. The summed E-state index contributed by atoms with van der Waals surface area (Å²) < 4.78 is 0. The molecule has 0 unspecified atom stereocenters. The second-order valence-corrected chi connectivity index (χ2v) is 5.29. The van der Waals surface area contributed by atoms with Gasteiger partial charge in [-0.1, -0.05) is 23.2 Å². The lowest BCUT2D eigenvalue weighted by Gasteiger charge is -2.09. The molecular formula is C15H12Cl2N2O3. The summed E-state index contributed by atoms with van der Waals surface area (Å²) in [7, 11) is 0. The first-order valence-corrected chi connectivity index (χ1v) is 7.14. The summed E-state index contributed by atoms with van der Waals surface area (Å²) in [6, 6.07) is 6.11. The maximum absolute atomic E-state index is 12.1. The Bertz CT molecular complexity index is 705. The molecule has 2 aromatic rings. The van der Waals surface area contributed by atoms with Gasteiger partial charge in [0.15, 0.2) is 0 Å². The second kappa shape index (κ2) is 7.24. The van der Waals surface area contributed by atoms with Gasteiger partial charge in [0.25, 0.3) is 5.91 Å². The van der Waals surface area contributed by atoms with Crippen molar-refractivity contribution in [3.05, 3.63) is 63.4 Å². The average Bonchev–Trinajstić information content (AvgIpc) is 2.50. The van der Waals surface area contributed by atoms with Crippen LogP contribution >= 0.6 is 23.2 Å². The van der Waals surface area contributed by atoms with Gasteiger partial charge in [0, 0.05) is 18.9 Å². The Hall–Kier alpha value is -2.11. The van der Waals surface area contributed by atoms with Crippen molar-refractivity contribution in [3.8, 4) is 0 Å². The molecule has 2 rings (SSSR count). The first-order chi connectivity index (χ1) is 10.5. The molecular weight excluding hydrogens is 327 g/mol. The number of nitrogens with one attached hydrogen (secondary N) is 1. The molecule has 0 aliphatic carbocycles. The first-order valence-electron chi connectivity index (χ1n) is 6.38. The predicted molar refractivity (Wildman–Crippen MR) is 83.7 cm³/mol. The molecule has 2 N–H and O–H groups in total. The van der Waals surface area contributed by atoms with E-state index in [0.29, 0.717) is 13.0 Å². The number of hydrogen-bond acceptors (Lipinski definition) is 3. The zero-order valence-corrected chi connectivity index (χ0v) is 12.9. The van der Waals surface area contributed by atoms with Gasteiger partial charge >= 0.3 is 5.97 Å². The van der Waals surface area contributed by atoms with Crippen molar-refractivity contribution in [1.82, 2.24) is 10.3 Å². The number of benzene rings is 1. The number of aromatic nitrogens is 1. The van der Waals surface area contributed by atoms with Crippen LogP contribution in [0, 0.1) is 0 Å². The number of pyridine rings is 1. The Morgan fingerprint density at radius 3 is 2.27 bits per heavy atom. The fraction of sp³-hybridized carbons (Fsp3) is 0.133. The van der Waals surface area contributed by atoms with Gasteiger partial charge in [0.2, 0.25) is 0 Å². The maximum atomic E-state index is 12.1. The van der Waals surface area contributed by atoms with Crippen molar-refractivity contribution in [3.63, 3.8) is 0 Å². The van der Waals surface area contributed by atoms with Gasteiger partial charge in [-0.2, -0.15) is 0 Å². The molecule has 22 heavy (non-hydrogen) atoms. The zero-order valence-electron chi connectivity index (χ0n) is 11.3. The minimum absolute atomic E-state index is 0.0170. The highest BCUT2D eigenvalue weighted by atomic mass is 35.5. The van der Waals surface area contributed by atoms with Crippen LogP contribution in [0.2, 0.25) is 10.0 Å². The Labute approximate surface area is 136 Å². The van der Waals surface area contributed by atoms with Gasteiger partial charge in [-0.25, -0.2) is 4.79 Å². The lowest BCUT2D eigenvalue weighted by Crippen LogP contribution is -2.27. The summed E-state index contributed by atoms with van der Waals surface area (Å²) in [4.78, 5) is 27.2. The quantitative estimate of drug-likeness (QED) is 0.877. The highest BCUT2D eigenvalue weighted by molar-refractivity contribution is 6.42. The smallest absolute Gasteiger partial charge is 0.336 e. The predicted octanol–water partition coefficient (Wildman–Crippen LogP) is 3.06. The number of halogens is 2. The summed E-state index contributed by atoms with van der Waals surface area (Å²) in [6.07, 6.45) is 3.94. The van der Waals surface area contributed by atoms with Crippen molar-refractivity contribution >= 4 is 35.1 Å². The first kappa shape index (κ1) is 16.3. The normalized spacial score (nSPS) is 10.3. The molecule has 0 aliphatic heterocycles. The van der Waals surface area contributed by atoms with Crippen LogP contribution in [0.5, 0.6) is 0 Å². The number of rotatable bonds is 5. The molecule has 0 aliphatic rings. The number of carbonyl (C=O) groups excluding carboxylic acids is 1. The number of carboxylic acids is 1. The van der Waals surface area contributed by atoms with Gasteiger partial charge in [0.05, 0.1) is 21.2 Å². The zero-order chi connectivity index (χ0) is 16.1. The molecule has 114 valence electrons. The lowest BCUT2D eigenvalue weighted by molar-refractivity contribution is 0.0691.